The van der Waals surface area contributed by atoms with Gasteiger partial charge in [-0.05, 0) is 19.8 Å². The van der Waals surface area contributed by atoms with E-state index >= 15 is 0 Å². The molecule has 1 amide bonds. The number of rotatable bonds is 4. The molecule has 0 bridgehead atoms. The second-order valence-corrected chi connectivity index (χ2v) is 5.43. The highest BCUT2D eigenvalue weighted by Gasteiger charge is 2.45. The summed E-state index contributed by atoms with van der Waals surface area (Å²) >= 11 is 0. The molecule has 1 aliphatic rings. The third-order valence-electron chi connectivity index (χ3n) is 4.21. The summed E-state index contributed by atoms with van der Waals surface area (Å²) in [5.74, 6) is -0.164. The van der Waals surface area contributed by atoms with Gasteiger partial charge in [0.25, 0.3) is 0 Å². The quantitative estimate of drug-likeness (QED) is 0.233. The predicted octanol–water partition coefficient (Wildman–Crippen LogP) is 0.913. The molecule has 19 heavy (non-hydrogen) atoms. The van der Waals surface area contributed by atoms with Crippen molar-refractivity contribution >= 4 is 11.7 Å². The first-order chi connectivity index (χ1) is 8.99. The van der Waals surface area contributed by atoms with Crippen molar-refractivity contribution in [2.75, 3.05) is 13.7 Å². The normalized spacial score (nSPS) is 21.5. The number of aliphatic hydroxyl groups is 1. The average Bonchev–Trinajstić information content (AvgIpc) is 2.70. The lowest BCUT2D eigenvalue weighted by Gasteiger charge is -2.36. The van der Waals surface area contributed by atoms with Gasteiger partial charge in [0.15, 0.2) is 5.84 Å². The molecular formula is C13H25N3O3. The Kier molecular flexibility index (Phi) is 5.60. The molecule has 0 aliphatic heterocycles. The Hall–Kier alpha value is -1.30. The lowest BCUT2D eigenvalue weighted by molar-refractivity contribution is -0.140. The minimum absolute atomic E-state index is 0.00334. The Labute approximate surface area is 114 Å². The molecule has 0 radical (unpaired) electrons. The van der Waals surface area contributed by atoms with Crippen molar-refractivity contribution in [3.05, 3.63) is 0 Å². The highest BCUT2D eigenvalue weighted by molar-refractivity contribution is 6.06. The molecule has 1 rings (SSSR count). The van der Waals surface area contributed by atoms with Gasteiger partial charge in [0.1, 0.15) is 5.41 Å². The van der Waals surface area contributed by atoms with Gasteiger partial charge in [-0.1, -0.05) is 30.8 Å². The molecular weight excluding hydrogens is 246 g/mol. The van der Waals surface area contributed by atoms with Gasteiger partial charge < -0.3 is 20.9 Å². The summed E-state index contributed by atoms with van der Waals surface area (Å²) in [5, 5.41) is 21.3. The first kappa shape index (κ1) is 15.8. The van der Waals surface area contributed by atoms with Gasteiger partial charge >= 0.3 is 0 Å². The topological polar surface area (TPSA) is 99.2 Å². The van der Waals surface area contributed by atoms with Crippen molar-refractivity contribution < 1.29 is 15.1 Å². The zero-order chi connectivity index (χ0) is 14.5. The molecule has 0 aromatic rings. The molecule has 0 spiro atoms. The lowest BCUT2D eigenvalue weighted by atomic mass is 9.77. The lowest BCUT2D eigenvalue weighted by Crippen LogP contribution is -2.53. The van der Waals surface area contributed by atoms with Crippen LogP contribution in [0.15, 0.2) is 5.16 Å². The van der Waals surface area contributed by atoms with Gasteiger partial charge in [0.05, 0.1) is 12.6 Å². The number of carbonyl (C=O) groups excluding carboxylic acids is 1. The maximum Gasteiger partial charge on any atom is 0.236 e. The predicted molar refractivity (Wildman–Crippen MR) is 72.9 cm³/mol. The van der Waals surface area contributed by atoms with Crippen LogP contribution in [-0.2, 0) is 4.79 Å². The van der Waals surface area contributed by atoms with Gasteiger partial charge in [-0.15, -0.1) is 0 Å². The number of hydrogen-bond donors (Lipinski definition) is 3. The molecule has 6 nitrogen and oxygen atoms in total. The molecule has 6 heteroatoms. The largest absolute Gasteiger partial charge is 0.409 e. The van der Waals surface area contributed by atoms with E-state index in [9.17, 15) is 9.90 Å². The minimum Gasteiger partial charge on any atom is -0.409 e. The number of aliphatic hydroxyl groups excluding tert-OH is 1. The van der Waals surface area contributed by atoms with Crippen molar-refractivity contribution in [2.24, 2.45) is 16.3 Å². The van der Waals surface area contributed by atoms with Crippen LogP contribution in [0.4, 0.5) is 0 Å². The van der Waals surface area contributed by atoms with E-state index in [1.165, 1.54) is 4.90 Å². The van der Waals surface area contributed by atoms with Gasteiger partial charge in [-0.25, -0.2) is 0 Å². The monoisotopic (exact) mass is 271 g/mol. The highest BCUT2D eigenvalue weighted by Crippen LogP contribution is 2.37. The van der Waals surface area contributed by atoms with Crippen LogP contribution in [0, 0.1) is 5.41 Å². The van der Waals surface area contributed by atoms with E-state index < -0.39 is 5.41 Å². The molecule has 0 aromatic heterocycles. The number of nitrogens with zero attached hydrogens (tertiary/aromatic N) is 2. The van der Waals surface area contributed by atoms with Crippen LogP contribution >= 0.6 is 0 Å². The van der Waals surface area contributed by atoms with Gasteiger partial charge in [-0.2, -0.15) is 0 Å². The van der Waals surface area contributed by atoms with Gasteiger partial charge in [0.2, 0.25) is 5.91 Å². The first-order valence-electron chi connectivity index (χ1n) is 6.85. The van der Waals surface area contributed by atoms with Crippen LogP contribution < -0.4 is 5.73 Å². The third-order valence-corrected chi connectivity index (χ3v) is 4.21. The van der Waals surface area contributed by atoms with Crippen molar-refractivity contribution in [1.82, 2.24) is 4.90 Å². The average molecular weight is 271 g/mol. The molecule has 1 unspecified atom stereocenters. The Morgan fingerprint density at radius 1 is 1.37 bits per heavy atom. The highest BCUT2D eigenvalue weighted by atomic mass is 16.4. The van der Waals surface area contributed by atoms with Crippen molar-refractivity contribution in [2.45, 2.75) is 51.5 Å². The molecule has 1 fully saturated rings. The van der Waals surface area contributed by atoms with E-state index in [2.05, 4.69) is 5.16 Å². The number of hydrogen-bond acceptors (Lipinski definition) is 4. The zero-order valence-electron chi connectivity index (χ0n) is 11.8. The van der Waals surface area contributed by atoms with Crippen LogP contribution in [0.2, 0.25) is 0 Å². The molecule has 0 aromatic carbocycles. The van der Waals surface area contributed by atoms with Crippen LogP contribution in [0.5, 0.6) is 0 Å². The molecule has 0 saturated heterocycles. The van der Waals surface area contributed by atoms with E-state index in [1.54, 1.807) is 14.0 Å². The van der Waals surface area contributed by atoms with E-state index in [-0.39, 0.29) is 24.4 Å². The van der Waals surface area contributed by atoms with Crippen molar-refractivity contribution in [1.29, 1.82) is 0 Å². The minimum atomic E-state index is -0.913. The molecule has 4 N–H and O–H groups in total. The Bertz CT molecular complexity index is 336. The number of likely N-dealkylation sites (N-methyl/N-ethyl adjacent to an activating group) is 1. The van der Waals surface area contributed by atoms with Crippen LogP contribution in [-0.4, -0.2) is 46.7 Å². The Morgan fingerprint density at radius 2 is 1.89 bits per heavy atom. The van der Waals surface area contributed by atoms with E-state index in [4.69, 9.17) is 10.9 Å². The summed E-state index contributed by atoms with van der Waals surface area (Å²) in [4.78, 5) is 14.2. The zero-order valence-corrected chi connectivity index (χ0v) is 11.8. The second-order valence-electron chi connectivity index (χ2n) is 5.43. The van der Waals surface area contributed by atoms with Crippen LogP contribution in [0.1, 0.15) is 45.4 Å². The maximum atomic E-state index is 12.7. The number of carbonyl (C=O) groups is 1. The van der Waals surface area contributed by atoms with Crippen LogP contribution in [0.3, 0.4) is 0 Å². The summed E-state index contributed by atoms with van der Waals surface area (Å²) in [6.45, 7) is 1.67. The van der Waals surface area contributed by atoms with E-state index in [0.29, 0.717) is 12.8 Å². The Balaban J connectivity index is 3.05. The number of amides is 1. The van der Waals surface area contributed by atoms with Crippen molar-refractivity contribution in [3.8, 4) is 0 Å². The maximum absolute atomic E-state index is 12.7. The molecule has 1 atom stereocenters. The molecule has 1 aliphatic carbocycles. The number of oxime groups is 1. The third kappa shape index (κ3) is 3.18. The van der Waals surface area contributed by atoms with E-state index in [0.717, 1.165) is 25.7 Å². The fraction of sp³-hybridized carbons (Fsp3) is 0.846. The second kappa shape index (κ2) is 6.75. The Morgan fingerprint density at radius 3 is 2.32 bits per heavy atom. The summed E-state index contributed by atoms with van der Waals surface area (Å²) in [7, 11) is 1.65. The number of nitrogens with two attached hydrogens (primary N) is 1. The molecule has 110 valence electrons. The first-order valence-corrected chi connectivity index (χ1v) is 6.85. The molecule has 0 heterocycles. The van der Waals surface area contributed by atoms with Gasteiger partial charge in [0, 0.05) is 7.05 Å². The summed E-state index contributed by atoms with van der Waals surface area (Å²) in [6.07, 6.45) is 5.11. The van der Waals surface area contributed by atoms with Crippen LogP contribution in [0.25, 0.3) is 0 Å². The molecule has 1 saturated carbocycles. The smallest absolute Gasteiger partial charge is 0.236 e. The summed E-state index contributed by atoms with van der Waals surface area (Å²) in [6, 6.07) is -0.279. The standard InChI is InChI=1S/C13H25N3O3/c1-10(9-17)16(2)12(18)13(11(14)15-19)7-5-3-4-6-8-13/h10,17,19H,3-9H2,1-2H3,(H2,14,15). The van der Waals surface area contributed by atoms with E-state index in [1.807, 2.05) is 0 Å². The SMILES string of the molecule is CC(CO)N(C)C(=O)C1(C(N)=NO)CCCCCC1. The fourth-order valence-corrected chi connectivity index (χ4v) is 2.67. The van der Waals surface area contributed by atoms with Crippen molar-refractivity contribution in [3.63, 3.8) is 0 Å². The number of amidine groups is 1. The summed E-state index contributed by atoms with van der Waals surface area (Å²) < 4.78 is 0. The van der Waals surface area contributed by atoms with Gasteiger partial charge in [-0.3, -0.25) is 4.79 Å². The fourth-order valence-electron chi connectivity index (χ4n) is 2.67. The summed E-state index contributed by atoms with van der Waals surface area (Å²) in [5.41, 5.74) is 4.91.